The Morgan fingerprint density at radius 2 is 2.06 bits per heavy atom. The van der Waals surface area contributed by atoms with Crippen LogP contribution < -0.4 is 10.3 Å². The number of piperidine rings is 1. The normalized spacial score (nSPS) is 17.4. The summed E-state index contributed by atoms with van der Waals surface area (Å²) in [7, 11) is 0. The zero-order valence-corrected chi connectivity index (χ0v) is 19.5. The minimum Gasteiger partial charge on any atom is -0.436 e. The highest BCUT2D eigenvalue weighted by atomic mass is 79.9. The van der Waals surface area contributed by atoms with Gasteiger partial charge in [0.2, 0.25) is 5.88 Å². The maximum absolute atomic E-state index is 14.1. The lowest BCUT2D eigenvalue weighted by atomic mass is 9.97. The first kappa shape index (κ1) is 21.9. The van der Waals surface area contributed by atoms with Gasteiger partial charge in [-0.1, -0.05) is 15.9 Å². The molecule has 1 fully saturated rings. The van der Waals surface area contributed by atoms with Crippen molar-refractivity contribution in [2.24, 2.45) is 5.92 Å². The van der Waals surface area contributed by atoms with Gasteiger partial charge in [0.15, 0.2) is 17.1 Å². The fourth-order valence-corrected chi connectivity index (χ4v) is 4.44. The summed E-state index contributed by atoms with van der Waals surface area (Å²) < 4.78 is 22.1. The van der Waals surface area contributed by atoms with Crippen LogP contribution in [0.25, 0.3) is 11.0 Å². The molecule has 0 bridgehead atoms. The molecule has 2 aromatic heterocycles. The van der Waals surface area contributed by atoms with Crippen molar-refractivity contribution in [2.45, 2.75) is 46.2 Å². The zero-order valence-electron chi connectivity index (χ0n) is 17.9. The Balaban J connectivity index is 1.64. The molecular weight excluding hydrogens is 463 g/mol. The molecule has 1 saturated heterocycles. The smallest absolute Gasteiger partial charge is 0.280 e. The van der Waals surface area contributed by atoms with Crippen LogP contribution in [0, 0.1) is 18.7 Å². The molecule has 3 aromatic rings. The number of aromatic nitrogens is 3. The number of hydrogen-bond donors (Lipinski definition) is 0. The standard InChI is InChI=1S/C23H26BrFN4O2/c1-14(2)28-10-4-5-16(12-28)13-29-15(3)26-19-7-9-21(27-22(19)23(29)30)31-20-8-6-17(24)11-18(20)25/h6-9,11,14,16H,4-5,10,12-13H2,1-3H3/t16-/m1/s1. The molecule has 0 spiro atoms. The fraction of sp³-hybridized carbons (Fsp3) is 0.435. The predicted molar refractivity (Wildman–Crippen MR) is 122 cm³/mol. The number of pyridine rings is 1. The number of ether oxygens (including phenoxy) is 1. The van der Waals surface area contributed by atoms with Gasteiger partial charge in [-0.2, -0.15) is 0 Å². The molecule has 1 aliphatic heterocycles. The van der Waals surface area contributed by atoms with Crippen molar-refractivity contribution in [1.82, 2.24) is 19.4 Å². The van der Waals surface area contributed by atoms with Crippen molar-refractivity contribution >= 4 is 27.0 Å². The molecular formula is C23H26BrFN4O2. The van der Waals surface area contributed by atoms with Crippen molar-refractivity contribution in [3.63, 3.8) is 0 Å². The monoisotopic (exact) mass is 488 g/mol. The van der Waals surface area contributed by atoms with Crippen LogP contribution in [0.2, 0.25) is 0 Å². The van der Waals surface area contributed by atoms with Crippen LogP contribution in [0.5, 0.6) is 11.6 Å². The molecule has 0 amide bonds. The van der Waals surface area contributed by atoms with Crippen LogP contribution in [0.1, 0.15) is 32.5 Å². The van der Waals surface area contributed by atoms with Gasteiger partial charge in [-0.25, -0.2) is 14.4 Å². The molecule has 8 heteroatoms. The van der Waals surface area contributed by atoms with Gasteiger partial charge >= 0.3 is 0 Å². The van der Waals surface area contributed by atoms with Crippen LogP contribution in [-0.2, 0) is 6.54 Å². The largest absolute Gasteiger partial charge is 0.436 e. The molecule has 0 N–H and O–H groups in total. The highest BCUT2D eigenvalue weighted by Gasteiger charge is 2.23. The van der Waals surface area contributed by atoms with Crippen LogP contribution in [0.15, 0.2) is 39.6 Å². The van der Waals surface area contributed by atoms with E-state index in [1.165, 1.54) is 12.1 Å². The van der Waals surface area contributed by atoms with Crippen molar-refractivity contribution < 1.29 is 9.13 Å². The molecule has 6 nitrogen and oxygen atoms in total. The molecule has 164 valence electrons. The summed E-state index contributed by atoms with van der Waals surface area (Å²) in [5.74, 6) is 0.762. The van der Waals surface area contributed by atoms with Crippen LogP contribution >= 0.6 is 15.9 Å². The number of halogens is 2. The van der Waals surface area contributed by atoms with Crippen LogP contribution in [0.3, 0.4) is 0 Å². The second kappa shape index (κ2) is 9.04. The molecule has 4 rings (SSSR count). The Labute approximate surface area is 189 Å². The minimum absolute atomic E-state index is 0.0476. The summed E-state index contributed by atoms with van der Waals surface area (Å²) >= 11 is 3.22. The third kappa shape index (κ3) is 4.80. The average Bonchev–Trinajstić information content (AvgIpc) is 2.74. The van der Waals surface area contributed by atoms with E-state index in [0.29, 0.717) is 34.3 Å². The molecule has 31 heavy (non-hydrogen) atoms. The topological polar surface area (TPSA) is 60.3 Å². The number of nitrogens with zero attached hydrogens (tertiary/aromatic N) is 4. The summed E-state index contributed by atoms with van der Waals surface area (Å²) in [4.78, 5) is 24.7. The van der Waals surface area contributed by atoms with Crippen molar-refractivity contribution in [2.75, 3.05) is 13.1 Å². The van der Waals surface area contributed by atoms with E-state index >= 15 is 0 Å². The van der Waals surface area contributed by atoms with Gasteiger partial charge in [0, 0.05) is 29.7 Å². The third-order valence-corrected chi connectivity index (χ3v) is 6.29. The number of fused-ring (bicyclic) bond motifs is 1. The molecule has 1 aliphatic rings. The highest BCUT2D eigenvalue weighted by molar-refractivity contribution is 9.10. The average molecular weight is 489 g/mol. The number of likely N-dealkylation sites (tertiary alicyclic amines) is 1. The number of rotatable bonds is 5. The van der Waals surface area contributed by atoms with Gasteiger partial charge in [0.05, 0.1) is 5.52 Å². The summed E-state index contributed by atoms with van der Waals surface area (Å²) in [6.45, 7) is 8.96. The van der Waals surface area contributed by atoms with Gasteiger partial charge in [0.25, 0.3) is 5.56 Å². The van der Waals surface area contributed by atoms with Crippen molar-refractivity contribution in [3.8, 4) is 11.6 Å². The minimum atomic E-state index is -0.511. The quantitative estimate of drug-likeness (QED) is 0.510. The van der Waals surface area contributed by atoms with E-state index in [1.54, 1.807) is 22.8 Å². The summed E-state index contributed by atoms with van der Waals surface area (Å²) in [5.41, 5.74) is 0.554. The second-order valence-electron chi connectivity index (χ2n) is 8.37. The summed E-state index contributed by atoms with van der Waals surface area (Å²) in [6, 6.07) is 8.30. The lowest BCUT2D eigenvalue weighted by Crippen LogP contribution is -2.42. The second-order valence-corrected chi connectivity index (χ2v) is 9.28. The van der Waals surface area contributed by atoms with E-state index < -0.39 is 5.82 Å². The zero-order chi connectivity index (χ0) is 22.1. The Hall–Kier alpha value is -2.32. The van der Waals surface area contributed by atoms with Gasteiger partial charge in [-0.05, 0) is 70.3 Å². The van der Waals surface area contributed by atoms with E-state index in [2.05, 4.69) is 44.6 Å². The predicted octanol–water partition coefficient (Wildman–Crippen LogP) is 4.91. The van der Waals surface area contributed by atoms with Crippen molar-refractivity contribution in [3.05, 3.63) is 56.8 Å². The Kier molecular flexibility index (Phi) is 6.39. The first-order chi connectivity index (χ1) is 14.8. The Bertz CT molecular complexity index is 1160. The van der Waals surface area contributed by atoms with Gasteiger partial charge < -0.3 is 9.64 Å². The van der Waals surface area contributed by atoms with Gasteiger partial charge in [0.1, 0.15) is 5.82 Å². The van der Waals surface area contributed by atoms with Gasteiger partial charge in [-0.3, -0.25) is 9.36 Å². The molecule has 0 radical (unpaired) electrons. The third-order valence-electron chi connectivity index (χ3n) is 5.80. The van der Waals surface area contributed by atoms with Gasteiger partial charge in [-0.15, -0.1) is 0 Å². The molecule has 1 atom stereocenters. The molecule has 0 unspecified atom stereocenters. The Morgan fingerprint density at radius 3 is 2.81 bits per heavy atom. The maximum Gasteiger partial charge on any atom is 0.280 e. The maximum atomic E-state index is 14.1. The summed E-state index contributed by atoms with van der Waals surface area (Å²) in [6.07, 6.45) is 2.22. The molecule has 3 heterocycles. The fourth-order valence-electron chi connectivity index (χ4n) is 4.11. The summed E-state index contributed by atoms with van der Waals surface area (Å²) in [5, 5.41) is 0. The first-order valence-electron chi connectivity index (χ1n) is 10.6. The highest BCUT2D eigenvalue weighted by Crippen LogP contribution is 2.26. The lowest BCUT2D eigenvalue weighted by molar-refractivity contribution is 0.129. The van der Waals surface area contributed by atoms with E-state index in [4.69, 9.17) is 4.74 Å². The van der Waals surface area contributed by atoms with E-state index in [-0.39, 0.29) is 22.7 Å². The number of benzene rings is 1. The SMILES string of the molecule is Cc1nc2ccc(Oc3ccc(Br)cc3F)nc2c(=O)n1C[C@@H]1CCCN(C(C)C)C1. The van der Waals surface area contributed by atoms with E-state index in [0.717, 1.165) is 25.9 Å². The molecule has 1 aromatic carbocycles. The van der Waals surface area contributed by atoms with E-state index in [9.17, 15) is 9.18 Å². The molecule has 0 saturated carbocycles. The van der Waals surface area contributed by atoms with Crippen molar-refractivity contribution in [1.29, 1.82) is 0 Å². The lowest BCUT2D eigenvalue weighted by Gasteiger charge is -2.35. The first-order valence-corrected chi connectivity index (χ1v) is 11.4. The molecule has 0 aliphatic carbocycles. The number of aryl methyl sites for hydroxylation is 1. The van der Waals surface area contributed by atoms with Crippen LogP contribution in [-0.4, -0.2) is 38.6 Å². The number of hydrogen-bond acceptors (Lipinski definition) is 5. The van der Waals surface area contributed by atoms with Crippen LogP contribution in [0.4, 0.5) is 4.39 Å². The Morgan fingerprint density at radius 1 is 1.26 bits per heavy atom. The van der Waals surface area contributed by atoms with E-state index in [1.807, 2.05) is 6.92 Å².